The van der Waals surface area contributed by atoms with Crippen molar-refractivity contribution >= 4 is 17.7 Å². The van der Waals surface area contributed by atoms with Crippen molar-refractivity contribution < 1.29 is 14.3 Å². The number of nitrogens with one attached hydrogen (secondary N) is 1. The lowest BCUT2D eigenvalue weighted by atomic mass is 10.1. The molecular weight excluding hydrogens is 320 g/mol. The molecule has 0 saturated heterocycles. The zero-order chi connectivity index (χ0) is 17.8. The van der Waals surface area contributed by atoms with E-state index < -0.39 is 5.97 Å². The number of rotatable bonds is 4. The van der Waals surface area contributed by atoms with Gasteiger partial charge in [-0.3, -0.25) is 4.79 Å². The van der Waals surface area contributed by atoms with Crippen molar-refractivity contribution in [2.24, 2.45) is 0 Å². The van der Waals surface area contributed by atoms with Gasteiger partial charge in [-0.1, -0.05) is 6.07 Å². The van der Waals surface area contributed by atoms with Crippen LogP contribution in [0.4, 0.5) is 5.82 Å². The second-order valence-electron chi connectivity index (χ2n) is 5.29. The molecule has 0 radical (unpaired) electrons. The third kappa shape index (κ3) is 3.55. The van der Waals surface area contributed by atoms with E-state index in [9.17, 15) is 9.59 Å². The van der Waals surface area contributed by atoms with E-state index in [1.54, 1.807) is 53.3 Å². The molecule has 3 aromatic rings. The van der Waals surface area contributed by atoms with Crippen LogP contribution >= 0.6 is 0 Å². The molecule has 1 amide bonds. The smallest absolute Gasteiger partial charge is 0.337 e. The molecule has 0 aliphatic carbocycles. The number of amides is 1. The summed E-state index contributed by atoms with van der Waals surface area (Å²) in [5.41, 5.74) is 1.55. The van der Waals surface area contributed by atoms with Crippen molar-refractivity contribution in [2.75, 3.05) is 12.4 Å². The highest BCUT2D eigenvalue weighted by Crippen LogP contribution is 2.16. The summed E-state index contributed by atoms with van der Waals surface area (Å²) in [5.74, 6) is 0.356. The number of esters is 1. The minimum atomic E-state index is -0.448. The van der Waals surface area contributed by atoms with Gasteiger partial charge < -0.3 is 10.1 Å². The molecule has 0 aliphatic heterocycles. The van der Waals surface area contributed by atoms with Crippen LogP contribution in [0.1, 0.15) is 26.4 Å². The Hall–Kier alpha value is -3.48. The maximum atomic E-state index is 12.5. The minimum absolute atomic E-state index is 0.312. The number of aromatic nitrogens is 3. The average molecular weight is 336 g/mol. The Balaban J connectivity index is 1.83. The van der Waals surface area contributed by atoms with Gasteiger partial charge in [0.05, 0.1) is 18.4 Å². The molecule has 126 valence electrons. The Labute approximate surface area is 144 Å². The van der Waals surface area contributed by atoms with Crippen LogP contribution in [0.3, 0.4) is 0 Å². The zero-order valence-corrected chi connectivity index (χ0v) is 13.8. The van der Waals surface area contributed by atoms with Gasteiger partial charge in [0.2, 0.25) is 0 Å². The molecule has 2 aromatic heterocycles. The van der Waals surface area contributed by atoms with Crippen LogP contribution in [0.5, 0.6) is 0 Å². The van der Waals surface area contributed by atoms with Gasteiger partial charge >= 0.3 is 5.97 Å². The maximum Gasteiger partial charge on any atom is 0.337 e. The number of hydrogen-bond donors (Lipinski definition) is 1. The molecule has 0 bridgehead atoms. The lowest BCUT2D eigenvalue weighted by Gasteiger charge is -2.08. The Kier molecular flexibility index (Phi) is 4.56. The van der Waals surface area contributed by atoms with Crippen molar-refractivity contribution in [1.29, 1.82) is 0 Å². The number of pyridine rings is 1. The van der Waals surface area contributed by atoms with Gasteiger partial charge in [0.15, 0.2) is 5.82 Å². The molecule has 3 rings (SSSR count). The van der Waals surface area contributed by atoms with Crippen LogP contribution < -0.4 is 5.32 Å². The topological polar surface area (TPSA) is 86.1 Å². The van der Waals surface area contributed by atoms with Crippen LogP contribution in [-0.4, -0.2) is 33.8 Å². The molecule has 7 heteroatoms. The Morgan fingerprint density at radius 1 is 1.08 bits per heavy atom. The molecule has 0 atom stereocenters. The van der Waals surface area contributed by atoms with E-state index in [-0.39, 0.29) is 5.91 Å². The highest BCUT2D eigenvalue weighted by atomic mass is 16.5. The standard InChI is InChI=1S/C18H16N4O3/c1-12-11-16(22(21-12)15-5-3-4-10-19-15)20-17(23)13-6-8-14(9-7-13)18(24)25-2/h3-11H,1-2H3,(H,20,23). The van der Waals surface area contributed by atoms with Gasteiger partial charge in [-0.05, 0) is 43.3 Å². The lowest BCUT2D eigenvalue weighted by Crippen LogP contribution is -2.15. The van der Waals surface area contributed by atoms with Crippen molar-refractivity contribution in [1.82, 2.24) is 14.8 Å². The van der Waals surface area contributed by atoms with Crippen molar-refractivity contribution in [2.45, 2.75) is 6.92 Å². The largest absolute Gasteiger partial charge is 0.465 e. The summed E-state index contributed by atoms with van der Waals surface area (Å²) < 4.78 is 6.21. The number of aryl methyl sites for hydroxylation is 1. The minimum Gasteiger partial charge on any atom is -0.465 e. The molecule has 1 N–H and O–H groups in total. The van der Waals surface area contributed by atoms with E-state index in [1.807, 2.05) is 13.0 Å². The van der Waals surface area contributed by atoms with Crippen LogP contribution in [-0.2, 0) is 4.74 Å². The number of anilines is 1. The molecule has 7 nitrogen and oxygen atoms in total. The molecule has 0 spiro atoms. The zero-order valence-electron chi connectivity index (χ0n) is 13.8. The average Bonchev–Trinajstić information content (AvgIpc) is 3.02. The Morgan fingerprint density at radius 3 is 2.44 bits per heavy atom. The summed E-state index contributed by atoms with van der Waals surface area (Å²) in [6, 6.07) is 13.4. The predicted octanol–water partition coefficient (Wildman–Crippen LogP) is 2.61. The quantitative estimate of drug-likeness (QED) is 0.740. The fourth-order valence-corrected chi connectivity index (χ4v) is 2.31. The maximum absolute atomic E-state index is 12.5. The van der Waals surface area contributed by atoms with E-state index in [2.05, 4.69) is 20.1 Å². The summed E-state index contributed by atoms with van der Waals surface area (Å²) in [4.78, 5) is 28.2. The summed E-state index contributed by atoms with van der Waals surface area (Å²) in [6.45, 7) is 1.83. The van der Waals surface area contributed by atoms with Crippen molar-refractivity contribution in [3.8, 4) is 5.82 Å². The van der Waals surface area contributed by atoms with Gasteiger partial charge in [-0.15, -0.1) is 0 Å². The molecule has 1 aromatic carbocycles. The monoisotopic (exact) mass is 336 g/mol. The Bertz CT molecular complexity index is 902. The predicted molar refractivity (Wildman–Crippen MR) is 91.8 cm³/mol. The third-order valence-corrected chi connectivity index (χ3v) is 3.51. The molecule has 25 heavy (non-hydrogen) atoms. The van der Waals surface area contributed by atoms with Crippen LogP contribution in [0.15, 0.2) is 54.7 Å². The summed E-state index contributed by atoms with van der Waals surface area (Å²) in [6.07, 6.45) is 1.66. The second-order valence-corrected chi connectivity index (χ2v) is 5.29. The first-order valence-corrected chi connectivity index (χ1v) is 7.56. The summed E-state index contributed by atoms with van der Waals surface area (Å²) >= 11 is 0. The molecule has 0 fully saturated rings. The third-order valence-electron chi connectivity index (χ3n) is 3.51. The first-order valence-electron chi connectivity index (χ1n) is 7.56. The van der Waals surface area contributed by atoms with Gasteiger partial charge in [0.25, 0.3) is 5.91 Å². The number of nitrogens with zero attached hydrogens (tertiary/aromatic N) is 3. The van der Waals surface area contributed by atoms with E-state index in [4.69, 9.17) is 0 Å². The lowest BCUT2D eigenvalue weighted by molar-refractivity contribution is 0.0600. The van der Waals surface area contributed by atoms with Crippen molar-refractivity contribution in [3.63, 3.8) is 0 Å². The van der Waals surface area contributed by atoms with Gasteiger partial charge in [0.1, 0.15) is 5.82 Å². The van der Waals surface area contributed by atoms with E-state index >= 15 is 0 Å². The first-order chi connectivity index (χ1) is 12.1. The fraction of sp³-hybridized carbons (Fsp3) is 0.111. The molecule has 0 aliphatic rings. The molecule has 2 heterocycles. The number of benzene rings is 1. The molecule has 0 unspecified atom stereocenters. The summed E-state index contributed by atoms with van der Waals surface area (Å²) in [7, 11) is 1.31. The first kappa shape index (κ1) is 16.4. The molecule has 0 saturated carbocycles. The van der Waals surface area contributed by atoms with E-state index in [0.29, 0.717) is 22.8 Å². The normalized spacial score (nSPS) is 10.3. The highest BCUT2D eigenvalue weighted by Gasteiger charge is 2.14. The second kappa shape index (κ2) is 6.96. The van der Waals surface area contributed by atoms with Crippen LogP contribution in [0, 0.1) is 6.92 Å². The Morgan fingerprint density at radius 2 is 1.80 bits per heavy atom. The highest BCUT2D eigenvalue weighted by molar-refractivity contribution is 6.04. The molecular formula is C18H16N4O3. The van der Waals surface area contributed by atoms with E-state index in [0.717, 1.165) is 5.69 Å². The SMILES string of the molecule is COC(=O)c1ccc(C(=O)Nc2cc(C)nn2-c2ccccn2)cc1. The fourth-order valence-electron chi connectivity index (χ4n) is 2.31. The van der Waals surface area contributed by atoms with Gasteiger partial charge in [0, 0.05) is 17.8 Å². The number of carbonyl (C=O) groups is 2. The van der Waals surface area contributed by atoms with Crippen molar-refractivity contribution in [3.05, 3.63) is 71.5 Å². The number of methoxy groups -OCH3 is 1. The van der Waals surface area contributed by atoms with Crippen LogP contribution in [0.25, 0.3) is 5.82 Å². The summed E-state index contributed by atoms with van der Waals surface area (Å²) in [5, 5.41) is 7.17. The number of hydrogen-bond acceptors (Lipinski definition) is 5. The van der Waals surface area contributed by atoms with Gasteiger partial charge in [-0.2, -0.15) is 9.78 Å². The number of carbonyl (C=O) groups excluding carboxylic acids is 2. The van der Waals surface area contributed by atoms with Gasteiger partial charge in [-0.25, -0.2) is 9.78 Å². The van der Waals surface area contributed by atoms with Crippen LogP contribution in [0.2, 0.25) is 0 Å². The van der Waals surface area contributed by atoms with E-state index in [1.165, 1.54) is 7.11 Å². The number of ether oxygens (including phenoxy) is 1.